The van der Waals surface area contributed by atoms with Crippen molar-refractivity contribution in [2.45, 2.75) is 25.0 Å². The van der Waals surface area contributed by atoms with Crippen molar-refractivity contribution in [1.29, 1.82) is 0 Å². The second kappa shape index (κ2) is 6.56. The lowest BCUT2D eigenvalue weighted by Gasteiger charge is -2.38. The summed E-state index contributed by atoms with van der Waals surface area (Å²) < 4.78 is 1.60. The van der Waals surface area contributed by atoms with Crippen molar-refractivity contribution >= 4 is 11.6 Å². The van der Waals surface area contributed by atoms with Crippen molar-refractivity contribution in [1.82, 2.24) is 24.9 Å². The molecule has 128 valence electrons. The summed E-state index contributed by atoms with van der Waals surface area (Å²) in [7, 11) is 3.84. The first-order valence-corrected chi connectivity index (χ1v) is 7.96. The van der Waals surface area contributed by atoms with Crippen molar-refractivity contribution < 1.29 is 9.90 Å². The van der Waals surface area contributed by atoms with Crippen LogP contribution >= 0.6 is 0 Å². The predicted molar refractivity (Wildman–Crippen MR) is 88.7 cm³/mol. The molecule has 1 unspecified atom stereocenters. The molecule has 8 heteroatoms. The summed E-state index contributed by atoms with van der Waals surface area (Å²) in [6, 6.07) is 3.63. The van der Waals surface area contributed by atoms with E-state index in [2.05, 4.69) is 15.3 Å². The molecule has 0 aliphatic carbocycles. The van der Waals surface area contributed by atoms with E-state index in [0.717, 1.165) is 12.1 Å². The first-order valence-electron chi connectivity index (χ1n) is 7.96. The van der Waals surface area contributed by atoms with E-state index in [4.69, 9.17) is 0 Å². The van der Waals surface area contributed by atoms with E-state index in [1.807, 2.05) is 25.1 Å². The van der Waals surface area contributed by atoms with Gasteiger partial charge >= 0.3 is 0 Å². The van der Waals surface area contributed by atoms with Crippen LogP contribution in [0.15, 0.2) is 30.7 Å². The van der Waals surface area contributed by atoms with Crippen LogP contribution in [0.2, 0.25) is 0 Å². The number of aromatic nitrogens is 4. The fourth-order valence-electron chi connectivity index (χ4n) is 3.01. The van der Waals surface area contributed by atoms with Gasteiger partial charge < -0.3 is 14.9 Å². The molecule has 1 atom stereocenters. The highest BCUT2D eigenvalue weighted by Crippen LogP contribution is 2.24. The summed E-state index contributed by atoms with van der Waals surface area (Å²) >= 11 is 0. The molecule has 3 heterocycles. The zero-order chi connectivity index (χ0) is 17.2. The van der Waals surface area contributed by atoms with Crippen molar-refractivity contribution in [2.75, 3.05) is 32.1 Å². The average Bonchev–Trinajstić information content (AvgIpc) is 3.06. The van der Waals surface area contributed by atoms with Gasteiger partial charge in [-0.2, -0.15) is 0 Å². The number of hydrogen-bond acceptors (Lipinski definition) is 6. The number of pyridine rings is 1. The van der Waals surface area contributed by atoms with Crippen LogP contribution in [-0.2, 0) is 6.54 Å². The van der Waals surface area contributed by atoms with Crippen LogP contribution in [0.25, 0.3) is 0 Å². The van der Waals surface area contributed by atoms with E-state index in [9.17, 15) is 9.90 Å². The molecule has 1 amide bonds. The number of rotatable bonds is 4. The summed E-state index contributed by atoms with van der Waals surface area (Å²) in [5.41, 5.74) is 0.315. The summed E-state index contributed by atoms with van der Waals surface area (Å²) in [6.45, 7) is 1.20. The minimum Gasteiger partial charge on any atom is -0.386 e. The fourth-order valence-corrected chi connectivity index (χ4v) is 3.01. The molecule has 24 heavy (non-hydrogen) atoms. The Morgan fingerprint density at radius 3 is 2.96 bits per heavy atom. The molecule has 1 aliphatic heterocycles. The largest absolute Gasteiger partial charge is 0.386 e. The molecule has 0 aromatic carbocycles. The number of piperidine rings is 1. The second-order valence-corrected chi connectivity index (χ2v) is 6.45. The smallest absolute Gasteiger partial charge is 0.272 e. The average molecular weight is 330 g/mol. The Bertz CT molecular complexity index is 702. The second-order valence-electron chi connectivity index (χ2n) is 6.45. The van der Waals surface area contributed by atoms with Gasteiger partial charge in [0, 0.05) is 38.7 Å². The molecule has 0 spiro atoms. The molecule has 0 bridgehead atoms. The quantitative estimate of drug-likeness (QED) is 0.873. The molecule has 1 fully saturated rings. The maximum Gasteiger partial charge on any atom is 0.272 e. The van der Waals surface area contributed by atoms with Gasteiger partial charge in [-0.15, -0.1) is 5.10 Å². The number of β-amino-alcohol motifs (C(OH)–C–C–N with tert-alkyl or cyclic N) is 1. The molecular formula is C16H22N6O2. The lowest BCUT2D eigenvalue weighted by molar-refractivity contribution is -0.0388. The lowest BCUT2D eigenvalue weighted by atomic mass is 9.92. The Morgan fingerprint density at radius 1 is 1.42 bits per heavy atom. The van der Waals surface area contributed by atoms with Gasteiger partial charge in [-0.05, 0) is 25.0 Å². The Kier molecular flexibility index (Phi) is 4.48. The minimum atomic E-state index is -0.999. The van der Waals surface area contributed by atoms with Crippen LogP contribution in [0.3, 0.4) is 0 Å². The monoisotopic (exact) mass is 330 g/mol. The molecule has 1 N–H and O–H groups in total. The highest BCUT2D eigenvalue weighted by atomic mass is 16.3. The Hall–Kier alpha value is -2.48. The standard InChI is InChI=1S/C16H22N6O2/c1-20(2)13-4-6-17-14(10-13)15(23)21-8-3-5-16(24,11-21)12-22-9-7-18-19-22/h4,6-7,9-10,24H,3,5,8,11-12H2,1-2H3. The Balaban J connectivity index is 1.74. The van der Waals surface area contributed by atoms with Crippen molar-refractivity contribution in [3.05, 3.63) is 36.4 Å². The first-order chi connectivity index (χ1) is 11.5. The normalized spacial score (nSPS) is 20.9. The number of anilines is 1. The number of hydrogen-bond donors (Lipinski definition) is 1. The van der Waals surface area contributed by atoms with Gasteiger partial charge in [0.1, 0.15) is 11.3 Å². The van der Waals surface area contributed by atoms with E-state index in [1.54, 1.807) is 34.2 Å². The van der Waals surface area contributed by atoms with Gasteiger partial charge in [-0.3, -0.25) is 9.78 Å². The zero-order valence-corrected chi connectivity index (χ0v) is 14.0. The minimum absolute atomic E-state index is 0.157. The van der Waals surface area contributed by atoms with Crippen molar-refractivity contribution in [3.63, 3.8) is 0 Å². The number of carbonyl (C=O) groups excluding carboxylic acids is 1. The number of likely N-dealkylation sites (tertiary alicyclic amines) is 1. The molecule has 2 aromatic heterocycles. The summed E-state index contributed by atoms with van der Waals surface area (Å²) in [5, 5.41) is 18.5. The van der Waals surface area contributed by atoms with Crippen LogP contribution in [0.1, 0.15) is 23.3 Å². The van der Waals surface area contributed by atoms with Gasteiger partial charge in [-0.1, -0.05) is 5.21 Å². The lowest BCUT2D eigenvalue weighted by Crippen LogP contribution is -2.52. The third-order valence-corrected chi connectivity index (χ3v) is 4.25. The molecule has 1 saturated heterocycles. The zero-order valence-electron chi connectivity index (χ0n) is 14.0. The predicted octanol–water partition coefficient (Wildman–Crippen LogP) is 0.406. The van der Waals surface area contributed by atoms with Gasteiger partial charge in [0.2, 0.25) is 0 Å². The van der Waals surface area contributed by atoms with Crippen LogP contribution < -0.4 is 4.90 Å². The molecule has 2 aromatic rings. The van der Waals surface area contributed by atoms with E-state index >= 15 is 0 Å². The summed E-state index contributed by atoms with van der Waals surface area (Å²) in [6.07, 6.45) is 6.28. The third-order valence-electron chi connectivity index (χ3n) is 4.25. The van der Waals surface area contributed by atoms with Crippen LogP contribution in [0.4, 0.5) is 5.69 Å². The Labute approximate surface area is 140 Å². The van der Waals surface area contributed by atoms with Crippen molar-refractivity contribution in [2.24, 2.45) is 0 Å². The summed E-state index contributed by atoms with van der Waals surface area (Å²) in [5.74, 6) is -0.157. The molecular weight excluding hydrogens is 308 g/mol. The SMILES string of the molecule is CN(C)c1ccnc(C(=O)N2CCCC(O)(Cn3ccnn3)C2)c1. The van der Waals surface area contributed by atoms with Crippen molar-refractivity contribution in [3.8, 4) is 0 Å². The maximum atomic E-state index is 12.8. The highest BCUT2D eigenvalue weighted by Gasteiger charge is 2.36. The molecule has 3 rings (SSSR count). The molecule has 1 aliphatic rings. The van der Waals surface area contributed by atoms with E-state index in [1.165, 1.54) is 0 Å². The number of aliphatic hydroxyl groups is 1. The maximum absolute atomic E-state index is 12.8. The Morgan fingerprint density at radius 2 is 2.25 bits per heavy atom. The first kappa shape index (κ1) is 16.4. The number of carbonyl (C=O) groups is 1. The van der Waals surface area contributed by atoms with Crippen LogP contribution in [0, 0.1) is 0 Å². The topological polar surface area (TPSA) is 87.4 Å². The number of amides is 1. The van der Waals surface area contributed by atoms with Gasteiger partial charge in [-0.25, -0.2) is 4.68 Å². The highest BCUT2D eigenvalue weighted by molar-refractivity contribution is 5.93. The van der Waals surface area contributed by atoms with Gasteiger partial charge in [0.15, 0.2) is 0 Å². The van der Waals surface area contributed by atoms with Crippen LogP contribution in [-0.4, -0.2) is 68.7 Å². The molecule has 0 saturated carbocycles. The van der Waals surface area contributed by atoms with E-state index < -0.39 is 5.60 Å². The molecule has 8 nitrogen and oxygen atoms in total. The van der Waals surface area contributed by atoms with E-state index in [-0.39, 0.29) is 12.5 Å². The molecule has 0 radical (unpaired) electrons. The third kappa shape index (κ3) is 3.53. The fraction of sp³-hybridized carbons (Fsp3) is 0.500. The summed E-state index contributed by atoms with van der Waals surface area (Å²) in [4.78, 5) is 20.6. The van der Waals surface area contributed by atoms with Crippen LogP contribution in [0.5, 0.6) is 0 Å². The van der Waals surface area contributed by atoms with E-state index in [0.29, 0.717) is 25.2 Å². The van der Waals surface area contributed by atoms with Gasteiger partial charge in [0.25, 0.3) is 5.91 Å². The number of nitrogens with zero attached hydrogens (tertiary/aromatic N) is 6. The van der Waals surface area contributed by atoms with Gasteiger partial charge in [0.05, 0.1) is 19.3 Å².